The van der Waals surface area contributed by atoms with Crippen molar-refractivity contribution < 1.29 is 0 Å². The van der Waals surface area contributed by atoms with Crippen LogP contribution in [0, 0.1) is 0 Å². The zero-order valence-corrected chi connectivity index (χ0v) is 8.01. The minimum atomic E-state index is 0.420. The van der Waals surface area contributed by atoms with Gasteiger partial charge in [0.1, 0.15) is 0 Å². The van der Waals surface area contributed by atoms with Crippen molar-refractivity contribution in [1.29, 1.82) is 0 Å². The molecule has 0 aliphatic carbocycles. The molecule has 2 rings (SSSR count). The van der Waals surface area contributed by atoms with Gasteiger partial charge in [-0.25, -0.2) is 4.37 Å². The Bertz CT molecular complexity index is 291. The summed E-state index contributed by atoms with van der Waals surface area (Å²) in [6, 6.07) is 0.420. The van der Waals surface area contributed by atoms with E-state index >= 15 is 0 Å². The summed E-state index contributed by atoms with van der Waals surface area (Å²) >= 11 is 1.50. The monoisotopic (exact) mass is 181 g/mol. The first-order valence-electron chi connectivity index (χ1n) is 3.93. The predicted molar refractivity (Wildman–Crippen MR) is 50.3 cm³/mol. The maximum absolute atomic E-state index is 4.35. The molecule has 1 aliphatic rings. The fraction of sp³-hybridized carbons (Fsp3) is 0.500. The molecule has 0 radical (unpaired) electrons. The number of hydrogen-bond donors (Lipinski definition) is 0. The molecule has 2 heterocycles. The molecule has 1 aliphatic heterocycles. The van der Waals surface area contributed by atoms with E-state index in [1.54, 1.807) is 0 Å². The van der Waals surface area contributed by atoms with Gasteiger partial charge in [-0.15, -0.1) is 0 Å². The van der Waals surface area contributed by atoms with E-state index < -0.39 is 0 Å². The van der Waals surface area contributed by atoms with Crippen molar-refractivity contribution in [1.82, 2.24) is 9.38 Å². The third-order valence-electron chi connectivity index (χ3n) is 2.10. The fourth-order valence-electron chi connectivity index (χ4n) is 1.50. The van der Waals surface area contributed by atoms with Gasteiger partial charge in [0.2, 0.25) is 0 Å². The maximum atomic E-state index is 4.35. The summed E-state index contributed by atoms with van der Waals surface area (Å²) in [4.78, 5) is 0. The molecule has 0 spiro atoms. The van der Waals surface area contributed by atoms with E-state index in [1.165, 1.54) is 22.8 Å². The van der Waals surface area contributed by atoms with Crippen molar-refractivity contribution in [2.75, 3.05) is 7.05 Å². The van der Waals surface area contributed by atoms with Crippen molar-refractivity contribution in [3.8, 4) is 0 Å². The minimum absolute atomic E-state index is 0.420. The van der Waals surface area contributed by atoms with Crippen molar-refractivity contribution in [3.63, 3.8) is 0 Å². The van der Waals surface area contributed by atoms with Gasteiger partial charge in [-0.3, -0.25) is 5.01 Å². The molecule has 64 valence electrons. The standard InChI is InChI=1S/C8H11N3S/c1-6-3-8(11(2)10-6)7-4-9-12-5-7/h4-5,8H,3H2,1-2H3. The molecule has 12 heavy (non-hydrogen) atoms. The molecule has 3 nitrogen and oxygen atoms in total. The van der Waals surface area contributed by atoms with Crippen LogP contribution >= 0.6 is 11.5 Å². The lowest BCUT2D eigenvalue weighted by atomic mass is 10.1. The van der Waals surface area contributed by atoms with Gasteiger partial charge in [0.25, 0.3) is 0 Å². The third-order valence-corrected chi connectivity index (χ3v) is 2.71. The highest BCUT2D eigenvalue weighted by Gasteiger charge is 2.23. The van der Waals surface area contributed by atoms with Gasteiger partial charge in [-0.05, 0) is 18.5 Å². The first kappa shape index (κ1) is 7.73. The molecular formula is C8H11N3S. The van der Waals surface area contributed by atoms with Crippen LogP contribution in [0.15, 0.2) is 16.7 Å². The van der Waals surface area contributed by atoms with Crippen LogP contribution in [0.3, 0.4) is 0 Å². The van der Waals surface area contributed by atoms with Gasteiger partial charge < -0.3 is 0 Å². The van der Waals surface area contributed by atoms with Crippen LogP contribution in [0.2, 0.25) is 0 Å². The third kappa shape index (κ3) is 1.22. The smallest absolute Gasteiger partial charge is 0.0792 e. The van der Waals surface area contributed by atoms with Gasteiger partial charge in [0.15, 0.2) is 0 Å². The molecule has 1 aromatic rings. The lowest BCUT2D eigenvalue weighted by molar-refractivity contribution is 0.290. The van der Waals surface area contributed by atoms with Gasteiger partial charge in [0, 0.05) is 36.3 Å². The average Bonchev–Trinajstić information content (AvgIpc) is 2.58. The highest BCUT2D eigenvalue weighted by Crippen LogP contribution is 2.28. The molecule has 1 aromatic heterocycles. The number of nitrogens with zero attached hydrogens (tertiary/aromatic N) is 3. The molecule has 0 fully saturated rings. The van der Waals surface area contributed by atoms with Crippen LogP contribution in [0.4, 0.5) is 0 Å². The van der Waals surface area contributed by atoms with Crippen LogP contribution in [-0.4, -0.2) is 22.1 Å². The maximum Gasteiger partial charge on any atom is 0.0792 e. The van der Waals surface area contributed by atoms with E-state index in [4.69, 9.17) is 0 Å². The molecule has 0 amide bonds. The quantitative estimate of drug-likeness (QED) is 0.662. The fourth-order valence-corrected chi connectivity index (χ4v) is 2.09. The Kier molecular flexibility index (Phi) is 1.84. The van der Waals surface area contributed by atoms with Crippen molar-refractivity contribution in [3.05, 3.63) is 17.1 Å². The van der Waals surface area contributed by atoms with E-state index in [-0.39, 0.29) is 0 Å². The molecule has 0 N–H and O–H groups in total. The van der Waals surface area contributed by atoms with Crippen LogP contribution in [0.5, 0.6) is 0 Å². The molecule has 0 saturated carbocycles. The first-order chi connectivity index (χ1) is 5.77. The number of hydrazone groups is 1. The van der Waals surface area contributed by atoms with Crippen molar-refractivity contribution >= 4 is 17.2 Å². The molecule has 0 aromatic carbocycles. The van der Waals surface area contributed by atoms with Gasteiger partial charge in [-0.2, -0.15) is 5.10 Å². The van der Waals surface area contributed by atoms with Crippen LogP contribution in [0.25, 0.3) is 0 Å². The number of hydrogen-bond acceptors (Lipinski definition) is 4. The molecule has 1 unspecified atom stereocenters. The predicted octanol–water partition coefficient (Wildman–Crippen LogP) is 1.90. The van der Waals surface area contributed by atoms with E-state index in [9.17, 15) is 0 Å². The number of rotatable bonds is 1. The van der Waals surface area contributed by atoms with E-state index in [0.29, 0.717) is 6.04 Å². The minimum Gasteiger partial charge on any atom is -0.292 e. The molecule has 0 bridgehead atoms. The lowest BCUT2D eigenvalue weighted by Crippen LogP contribution is -2.12. The first-order valence-corrected chi connectivity index (χ1v) is 4.77. The average molecular weight is 181 g/mol. The molecular weight excluding hydrogens is 170 g/mol. The number of aromatic nitrogens is 1. The second kappa shape index (κ2) is 2.86. The largest absolute Gasteiger partial charge is 0.292 e. The molecule has 0 saturated heterocycles. The normalized spacial score (nSPS) is 23.0. The summed E-state index contributed by atoms with van der Waals surface area (Å²) in [6.07, 6.45) is 2.97. The highest BCUT2D eigenvalue weighted by atomic mass is 32.1. The molecule has 4 heteroatoms. The second-order valence-electron chi connectivity index (χ2n) is 3.09. The van der Waals surface area contributed by atoms with E-state index in [1.807, 2.05) is 18.3 Å². The Morgan fingerprint density at radius 3 is 3.00 bits per heavy atom. The Labute approximate surface area is 75.9 Å². The Morgan fingerprint density at radius 2 is 2.50 bits per heavy atom. The summed E-state index contributed by atoms with van der Waals surface area (Å²) in [7, 11) is 2.01. The van der Waals surface area contributed by atoms with Crippen molar-refractivity contribution in [2.45, 2.75) is 19.4 Å². The Hall–Kier alpha value is -0.900. The summed E-state index contributed by atoms with van der Waals surface area (Å²) in [5.74, 6) is 0. The van der Waals surface area contributed by atoms with Crippen LogP contribution in [-0.2, 0) is 0 Å². The Balaban J connectivity index is 2.19. The van der Waals surface area contributed by atoms with E-state index in [0.717, 1.165) is 6.42 Å². The summed E-state index contributed by atoms with van der Waals surface area (Å²) in [6.45, 7) is 2.07. The molecule has 1 atom stereocenters. The summed E-state index contributed by atoms with van der Waals surface area (Å²) < 4.78 is 4.09. The highest BCUT2D eigenvalue weighted by molar-refractivity contribution is 7.03. The zero-order valence-electron chi connectivity index (χ0n) is 7.19. The van der Waals surface area contributed by atoms with Gasteiger partial charge in [0.05, 0.1) is 6.04 Å². The van der Waals surface area contributed by atoms with E-state index in [2.05, 4.69) is 21.8 Å². The topological polar surface area (TPSA) is 28.5 Å². The lowest BCUT2D eigenvalue weighted by Gasteiger charge is -2.16. The Morgan fingerprint density at radius 1 is 1.67 bits per heavy atom. The van der Waals surface area contributed by atoms with Crippen molar-refractivity contribution in [2.24, 2.45) is 5.10 Å². The van der Waals surface area contributed by atoms with Gasteiger partial charge >= 0.3 is 0 Å². The summed E-state index contributed by atoms with van der Waals surface area (Å²) in [5, 5.41) is 8.46. The van der Waals surface area contributed by atoms with Crippen LogP contribution in [0.1, 0.15) is 24.9 Å². The SMILES string of the molecule is CC1=NN(C)C(c2cnsc2)C1. The zero-order chi connectivity index (χ0) is 8.55. The second-order valence-corrected chi connectivity index (χ2v) is 3.74. The summed E-state index contributed by atoms with van der Waals surface area (Å²) in [5.41, 5.74) is 2.48. The van der Waals surface area contributed by atoms with Gasteiger partial charge in [-0.1, -0.05) is 0 Å². The van der Waals surface area contributed by atoms with Crippen LogP contribution < -0.4 is 0 Å².